The van der Waals surface area contributed by atoms with Crippen molar-refractivity contribution in [3.63, 3.8) is 0 Å². The maximum Gasteiger partial charge on any atom is 0.314 e. The number of nitrogens with one attached hydrogen (secondary N) is 3. The van der Waals surface area contributed by atoms with Crippen molar-refractivity contribution in [1.82, 2.24) is 25.3 Å². The number of hydrogen-bond donors (Lipinski definition) is 3. The Hall–Kier alpha value is -3.29. The van der Waals surface area contributed by atoms with Gasteiger partial charge in [-0.25, -0.2) is 0 Å². The highest BCUT2D eigenvalue weighted by Crippen LogP contribution is 2.09. The molecular weight excluding hydrogens is 310 g/mol. The smallest absolute Gasteiger partial charge is 0.314 e. The first-order valence-corrected chi connectivity index (χ1v) is 7.35. The molecule has 1 aromatic carbocycles. The van der Waals surface area contributed by atoms with E-state index in [0.29, 0.717) is 23.0 Å². The van der Waals surface area contributed by atoms with Gasteiger partial charge in [0.05, 0.1) is 16.7 Å². The summed E-state index contributed by atoms with van der Waals surface area (Å²) < 4.78 is 0. The van der Waals surface area contributed by atoms with Crippen molar-refractivity contribution >= 4 is 16.9 Å². The van der Waals surface area contributed by atoms with Crippen LogP contribution in [0.1, 0.15) is 23.0 Å². The van der Waals surface area contributed by atoms with Gasteiger partial charge >= 0.3 is 11.1 Å². The molecule has 2 heterocycles. The molecule has 8 nitrogen and oxygen atoms in total. The number of hydrogen-bond acceptors (Lipinski definition) is 5. The number of carbonyl (C=O) groups is 1. The zero-order chi connectivity index (χ0) is 17.1. The summed E-state index contributed by atoms with van der Waals surface area (Å²) in [6.07, 6.45) is 5.40. The minimum Gasteiger partial charge on any atom is -0.349 e. The lowest BCUT2D eigenvalue weighted by atomic mass is 10.1. The predicted octanol–water partition coefficient (Wildman–Crippen LogP) is 0.367. The summed E-state index contributed by atoms with van der Waals surface area (Å²) >= 11 is 0. The number of nitrogens with zero attached hydrogens (tertiary/aromatic N) is 2. The van der Waals surface area contributed by atoms with Crippen LogP contribution in [0.25, 0.3) is 11.0 Å². The second-order valence-corrected chi connectivity index (χ2v) is 5.44. The lowest BCUT2D eigenvalue weighted by Crippen LogP contribution is -2.34. The third kappa shape index (κ3) is 3.37. The molecule has 0 aliphatic carbocycles. The fourth-order valence-electron chi connectivity index (χ4n) is 2.36. The molecule has 0 fully saturated rings. The molecule has 3 aromatic rings. The monoisotopic (exact) mass is 325 g/mol. The quantitative estimate of drug-likeness (QED) is 0.598. The van der Waals surface area contributed by atoms with Crippen LogP contribution in [-0.4, -0.2) is 31.9 Å². The first kappa shape index (κ1) is 15.6. The van der Waals surface area contributed by atoms with E-state index in [2.05, 4.69) is 25.3 Å². The van der Waals surface area contributed by atoms with Crippen LogP contribution in [-0.2, 0) is 6.42 Å². The van der Waals surface area contributed by atoms with Gasteiger partial charge in [-0.3, -0.25) is 24.4 Å². The number of rotatable bonds is 4. The van der Waals surface area contributed by atoms with Crippen LogP contribution in [0.3, 0.4) is 0 Å². The third-order valence-corrected chi connectivity index (χ3v) is 3.49. The van der Waals surface area contributed by atoms with Gasteiger partial charge in [0.2, 0.25) is 0 Å². The lowest BCUT2D eigenvalue weighted by Gasteiger charge is -2.13. The molecule has 122 valence electrons. The van der Waals surface area contributed by atoms with Gasteiger partial charge in [-0.15, -0.1) is 0 Å². The molecule has 1 atom stereocenters. The molecule has 24 heavy (non-hydrogen) atoms. The average Bonchev–Trinajstić information content (AvgIpc) is 2.56. The fraction of sp³-hybridized carbons (Fsp3) is 0.188. The third-order valence-electron chi connectivity index (χ3n) is 3.49. The van der Waals surface area contributed by atoms with E-state index in [-0.39, 0.29) is 11.9 Å². The molecule has 0 aliphatic rings. The number of benzene rings is 1. The Morgan fingerprint density at radius 1 is 1.17 bits per heavy atom. The van der Waals surface area contributed by atoms with Crippen molar-refractivity contribution in [3.8, 4) is 0 Å². The molecule has 0 spiro atoms. The summed E-state index contributed by atoms with van der Waals surface area (Å²) in [7, 11) is 0. The minimum absolute atomic E-state index is 0.139. The Labute approximate surface area is 136 Å². The van der Waals surface area contributed by atoms with Gasteiger partial charge in [-0.2, -0.15) is 0 Å². The molecule has 8 heteroatoms. The Morgan fingerprint density at radius 3 is 2.62 bits per heavy atom. The van der Waals surface area contributed by atoms with Crippen molar-refractivity contribution in [1.29, 1.82) is 0 Å². The van der Waals surface area contributed by atoms with Gasteiger partial charge in [0.1, 0.15) is 0 Å². The Balaban J connectivity index is 1.77. The van der Waals surface area contributed by atoms with Crippen molar-refractivity contribution in [2.75, 3.05) is 0 Å². The van der Waals surface area contributed by atoms with E-state index < -0.39 is 11.1 Å². The normalized spacial score (nSPS) is 12.0. The van der Waals surface area contributed by atoms with Crippen molar-refractivity contribution < 1.29 is 4.79 Å². The molecular formula is C16H15N5O3. The maximum absolute atomic E-state index is 12.3. The number of aromatic nitrogens is 4. The van der Waals surface area contributed by atoms with Gasteiger partial charge in [-0.1, -0.05) is 0 Å². The summed E-state index contributed by atoms with van der Waals surface area (Å²) in [4.78, 5) is 48.1. The van der Waals surface area contributed by atoms with Gasteiger partial charge in [0, 0.05) is 36.6 Å². The van der Waals surface area contributed by atoms with E-state index in [9.17, 15) is 14.4 Å². The largest absolute Gasteiger partial charge is 0.349 e. The van der Waals surface area contributed by atoms with E-state index in [1.807, 2.05) is 6.92 Å². The molecule has 0 radical (unpaired) electrons. The van der Waals surface area contributed by atoms with Crippen LogP contribution < -0.4 is 16.4 Å². The lowest BCUT2D eigenvalue weighted by molar-refractivity contribution is 0.0940. The molecule has 1 unspecified atom stereocenters. The summed E-state index contributed by atoms with van der Waals surface area (Å²) in [5, 5.41) is 2.86. The zero-order valence-electron chi connectivity index (χ0n) is 12.9. The SMILES string of the molecule is CC(Cc1cnccn1)NC(=O)c1ccc2[nH]c(=O)c(=O)[nH]c2c1. The molecule has 1 amide bonds. The first-order valence-electron chi connectivity index (χ1n) is 7.35. The first-order chi connectivity index (χ1) is 11.5. The van der Waals surface area contributed by atoms with E-state index in [0.717, 1.165) is 5.69 Å². The number of aromatic amines is 2. The van der Waals surface area contributed by atoms with E-state index in [4.69, 9.17) is 0 Å². The minimum atomic E-state index is -0.754. The molecule has 0 bridgehead atoms. The molecule has 0 saturated carbocycles. The highest BCUT2D eigenvalue weighted by atomic mass is 16.2. The molecule has 2 aromatic heterocycles. The number of H-pyrrole nitrogens is 2. The van der Waals surface area contributed by atoms with Crippen LogP contribution in [0.5, 0.6) is 0 Å². The Morgan fingerprint density at radius 2 is 1.92 bits per heavy atom. The van der Waals surface area contributed by atoms with Gasteiger partial charge in [0.25, 0.3) is 5.91 Å². The number of carbonyl (C=O) groups excluding carboxylic acids is 1. The van der Waals surface area contributed by atoms with Crippen LogP contribution >= 0.6 is 0 Å². The maximum atomic E-state index is 12.3. The molecule has 3 rings (SSSR count). The summed E-state index contributed by atoms with van der Waals surface area (Å²) in [5.74, 6) is -0.277. The number of amides is 1. The Bertz CT molecular complexity index is 994. The predicted molar refractivity (Wildman–Crippen MR) is 87.9 cm³/mol. The van der Waals surface area contributed by atoms with Gasteiger partial charge in [-0.05, 0) is 25.1 Å². The van der Waals surface area contributed by atoms with Crippen LogP contribution in [0.4, 0.5) is 0 Å². The van der Waals surface area contributed by atoms with E-state index >= 15 is 0 Å². The second-order valence-electron chi connectivity index (χ2n) is 5.44. The standard InChI is InChI=1S/C16H15N5O3/c1-9(6-11-8-17-4-5-18-11)19-14(22)10-2-3-12-13(7-10)21-16(24)15(23)20-12/h2-5,7-9H,6H2,1H3,(H,19,22)(H,20,23)(H,21,24). The Kier molecular flexibility index (Phi) is 4.19. The molecule has 3 N–H and O–H groups in total. The van der Waals surface area contributed by atoms with Crippen LogP contribution in [0, 0.1) is 0 Å². The molecule has 0 aliphatic heterocycles. The highest BCUT2D eigenvalue weighted by molar-refractivity contribution is 5.97. The second kappa shape index (κ2) is 6.45. The summed E-state index contributed by atoms with van der Waals surface area (Å²) in [6, 6.07) is 4.55. The molecule has 0 saturated heterocycles. The summed E-state index contributed by atoms with van der Waals surface area (Å²) in [6.45, 7) is 1.87. The van der Waals surface area contributed by atoms with E-state index in [1.54, 1.807) is 30.7 Å². The van der Waals surface area contributed by atoms with Crippen molar-refractivity contribution in [2.24, 2.45) is 0 Å². The summed E-state index contributed by atoms with van der Waals surface area (Å²) in [5.41, 5.74) is 0.549. The van der Waals surface area contributed by atoms with Crippen LogP contribution in [0.15, 0.2) is 46.4 Å². The number of fused-ring (bicyclic) bond motifs is 1. The van der Waals surface area contributed by atoms with Crippen LogP contribution in [0.2, 0.25) is 0 Å². The average molecular weight is 325 g/mol. The highest BCUT2D eigenvalue weighted by Gasteiger charge is 2.12. The fourth-order valence-corrected chi connectivity index (χ4v) is 2.36. The van der Waals surface area contributed by atoms with E-state index in [1.165, 1.54) is 6.07 Å². The zero-order valence-corrected chi connectivity index (χ0v) is 12.9. The van der Waals surface area contributed by atoms with Gasteiger partial charge in [0.15, 0.2) is 0 Å². The van der Waals surface area contributed by atoms with Crippen molar-refractivity contribution in [3.05, 3.63) is 68.8 Å². The van der Waals surface area contributed by atoms with Gasteiger partial charge < -0.3 is 15.3 Å². The topological polar surface area (TPSA) is 121 Å². The van der Waals surface area contributed by atoms with Crippen molar-refractivity contribution in [2.45, 2.75) is 19.4 Å².